The van der Waals surface area contributed by atoms with Crippen LogP contribution >= 0.6 is 11.6 Å². The summed E-state index contributed by atoms with van der Waals surface area (Å²) in [5.74, 6) is 1.64. The molecule has 1 atom stereocenters. The lowest BCUT2D eigenvalue weighted by Gasteiger charge is -2.37. The van der Waals surface area contributed by atoms with Gasteiger partial charge in [-0.05, 0) is 90.1 Å². The normalized spacial score (nSPS) is 21.1. The Morgan fingerprint density at radius 1 is 0.970 bits per heavy atom. The molecule has 1 aliphatic rings. The second kappa shape index (κ2) is 9.29. The van der Waals surface area contributed by atoms with Crippen LogP contribution in [-0.2, 0) is 5.54 Å². The van der Waals surface area contributed by atoms with Crippen molar-refractivity contribution in [3.8, 4) is 16.9 Å². The highest BCUT2D eigenvalue weighted by molar-refractivity contribution is 6.31. The Labute approximate surface area is 202 Å². The Morgan fingerprint density at radius 3 is 2.33 bits per heavy atom. The predicted octanol–water partition coefficient (Wildman–Crippen LogP) is 7.31. The molecule has 1 saturated carbocycles. The third-order valence-corrected chi connectivity index (χ3v) is 7.51. The standard InChI is InChI=1S/C29H36ClNO2/c1-28(2,3)21-9-12-24(13-10-21)33-26-15-8-19-16-22(29(4,31)18-32)11-14-25(19)27(26)20-6-5-7-23(30)17-20/h5-8,11,14-17,21,24,32H,9-10,12-13,18,31H2,1-4H3/t21?,24?,29-/m0/s1. The monoisotopic (exact) mass is 465 g/mol. The van der Waals surface area contributed by atoms with E-state index in [1.807, 2.05) is 31.2 Å². The van der Waals surface area contributed by atoms with Crippen LogP contribution in [0.1, 0.15) is 58.9 Å². The first-order chi connectivity index (χ1) is 15.6. The molecule has 0 amide bonds. The number of fused-ring (bicyclic) bond motifs is 1. The first-order valence-electron chi connectivity index (χ1n) is 12.0. The maximum atomic E-state index is 9.72. The molecule has 0 radical (unpaired) electrons. The zero-order valence-corrected chi connectivity index (χ0v) is 21.0. The van der Waals surface area contributed by atoms with Crippen LogP contribution in [-0.4, -0.2) is 17.8 Å². The summed E-state index contributed by atoms with van der Waals surface area (Å²) in [6, 6.07) is 18.3. The van der Waals surface area contributed by atoms with Gasteiger partial charge in [-0.15, -0.1) is 0 Å². The Balaban J connectivity index is 1.73. The maximum Gasteiger partial charge on any atom is 0.128 e. The number of nitrogens with two attached hydrogens (primary N) is 1. The van der Waals surface area contributed by atoms with Gasteiger partial charge in [0.1, 0.15) is 5.75 Å². The zero-order valence-electron chi connectivity index (χ0n) is 20.2. The van der Waals surface area contributed by atoms with E-state index in [-0.39, 0.29) is 12.7 Å². The molecule has 33 heavy (non-hydrogen) atoms. The van der Waals surface area contributed by atoms with E-state index >= 15 is 0 Å². The van der Waals surface area contributed by atoms with Gasteiger partial charge < -0.3 is 15.6 Å². The van der Waals surface area contributed by atoms with E-state index in [4.69, 9.17) is 22.1 Å². The van der Waals surface area contributed by atoms with Crippen LogP contribution in [0.15, 0.2) is 54.6 Å². The fourth-order valence-corrected chi connectivity index (χ4v) is 5.21. The summed E-state index contributed by atoms with van der Waals surface area (Å²) in [4.78, 5) is 0. The minimum absolute atomic E-state index is 0.113. The molecule has 1 aliphatic carbocycles. The number of aliphatic hydroxyl groups is 1. The first kappa shape index (κ1) is 24.1. The van der Waals surface area contributed by atoms with Crippen LogP contribution in [0.3, 0.4) is 0 Å². The van der Waals surface area contributed by atoms with Crippen molar-refractivity contribution in [3.05, 3.63) is 65.2 Å². The van der Waals surface area contributed by atoms with Gasteiger partial charge in [0, 0.05) is 10.6 Å². The Bertz CT molecular complexity index is 1120. The van der Waals surface area contributed by atoms with Crippen molar-refractivity contribution in [2.45, 2.75) is 65.0 Å². The zero-order chi connectivity index (χ0) is 23.8. The summed E-state index contributed by atoms with van der Waals surface area (Å²) < 4.78 is 6.66. The molecule has 1 fully saturated rings. The van der Waals surface area contributed by atoms with Gasteiger partial charge in [-0.1, -0.05) is 62.7 Å². The maximum absolute atomic E-state index is 9.72. The lowest BCUT2D eigenvalue weighted by Crippen LogP contribution is -2.36. The number of aliphatic hydroxyl groups excluding tert-OH is 1. The highest BCUT2D eigenvalue weighted by atomic mass is 35.5. The molecule has 176 valence electrons. The van der Waals surface area contributed by atoms with E-state index in [0.29, 0.717) is 10.4 Å². The second-order valence-electron chi connectivity index (χ2n) is 10.9. The van der Waals surface area contributed by atoms with Crippen LogP contribution in [0.2, 0.25) is 5.02 Å². The van der Waals surface area contributed by atoms with Gasteiger partial charge >= 0.3 is 0 Å². The van der Waals surface area contributed by atoms with E-state index in [0.717, 1.165) is 52.0 Å². The van der Waals surface area contributed by atoms with Gasteiger partial charge in [0.2, 0.25) is 0 Å². The van der Waals surface area contributed by atoms with Crippen LogP contribution < -0.4 is 10.5 Å². The Kier molecular flexibility index (Phi) is 6.77. The van der Waals surface area contributed by atoms with E-state index < -0.39 is 5.54 Å². The SMILES string of the molecule is CC(C)(C)C1CCC(Oc2ccc3cc([C@@](C)(N)CO)ccc3c2-c2cccc(Cl)c2)CC1. The minimum Gasteiger partial charge on any atom is -0.490 e. The van der Waals surface area contributed by atoms with E-state index in [1.54, 1.807) is 0 Å². The molecule has 3 nitrogen and oxygen atoms in total. The summed E-state index contributed by atoms with van der Waals surface area (Å²) in [5, 5.41) is 12.6. The van der Waals surface area contributed by atoms with Gasteiger partial charge in [-0.2, -0.15) is 0 Å². The molecule has 3 N–H and O–H groups in total. The quantitative estimate of drug-likeness (QED) is 0.415. The van der Waals surface area contributed by atoms with Crippen LogP contribution in [0.5, 0.6) is 5.75 Å². The number of hydrogen-bond acceptors (Lipinski definition) is 3. The van der Waals surface area contributed by atoms with E-state index in [2.05, 4.69) is 51.1 Å². The molecule has 0 aliphatic heterocycles. The van der Waals surface area contributed by atoms with E-state index in [9.17, 15) is 5.11 Å². The minimum atomic E-state index is -0.786. The highest BCUT2D eigenvalue weighted by Crippen LogP contribution is 2.42. The third kappa shape index (κ3) is 5.21. The predicted molar refractivity (Wildman–Crippen MR) is 139 cm³/mol. The number of hydrogen-bond donors (Lipinski definition) is 2. The summed E-state index contributed by atoms with van der Waals surface area (Å²) >= 11 is 6.37. The van der Waals surface area contributed by atoms with Gasteiger partial charge in [0.15, 0.2) is 0 Å². The van der Waals surface area contributed by atoms with Crippen molar-refractivity contribution in [2.24, 2.45) is 17.1 Å². The molecule has 4 rings (SSSR count). The number of halogens is 1. The topological polar surface area (TPSA) is 55.5 Å². The van der Waals surface area contributed by atoms with Crippen LogP contribution in [0, 0.1) is 11.3 Å². The van der Waals surface area contributed by atoms with Crippen LogP contribution in [0.4, 0.5) is 0 Å². The Morgan fingerprint density at radius 2 is 1.70 bits per heavy atom. The fraction of sp³-hybridized carbons (Fsp3) is 0.448. The number of rotatable bonds is 5. The molecule has 0 bridgehead atoms. The lowest BCUT2D eigenvalue weighted by atomic mass is 9.72. The molecule has 0 saturated heterocycles. The summed E-state index contributed by atoms with van der Waals surface area (Å²) in [6.45, 7) is 8.76. The fourth-order valence-electron chi connectivity index (χ4n) is 5.02. The van der Waals surface area contributed by atoms with Crippen molar-refractivity contribution in [1.82, 2.24) is 0 Å². The molecule has 3 aromatic carbocycles. The summed E-state index contributed by atoms with van der Waals surface area (Å²) in [5.41, 5.74) is 8.87. The molecule has 3 aromatic rings. The third-order valence-electron chi connectivity index (χ3n) is 7.28. The van der Waals surface area contributed by atoms with Gasteiger partial charge in [-0.25, -0.2) is 0 Å². The molecule has 0 spiro atoms. The average molecular weight is 466 g/mol. The van der Waals surface area contributed by atoms with E-state index in [1.165, 1.54) is 12.8 Å². The van der Waals surface area contributed by atoms with Crippen molar-refractivity contribution < 1.29 is 9.84 Å². The summed E-state index contributed by atoms with van der Waals surface area (Å²) in [7, 11) is 0. The Hall–Kier alpha value is -2.07. The summed E-state index contributed by atoms with van der Waals surface area (Å²) in [6.07, 6.45) is 4.79. The second-order valence-corrected chi connectivity index (χ2v) is 11.4. The van der Waals surface area contributed by atoms with Crippen molar-refractivity contribution in [2.75, 3.05) is 6.61 Å². The molecular formula is C29H36ClNO2. The number of ether oxygens (including phenoxy) is 1. The highest BCUT2D eigenvalue weighted by Gasteiger charge is 2.31. The van der Waals surface area contributed by atoms with Gasteiger partial charge in [-0.3, -0.25) is 0 Å². The number of benzene rings is 3. The van der Waals surface area contributed by atoms with Gasteiger partial charge in [0.05, 0.1) is 18.2 Å². The average Bonchev–Trinajstić information content (AvgIpc) is 2.78. The first-order valence-corrected chi connectivity index (χ1v) is 12.4. The lowest BCUT2D eigenvalue weighted by molar-refractivity contribution is 0.0887. The molecular weight excluding hydrogens is 430 g/mol. The largest absolute Gasteiger partial charge is 0.490 e. The van der Waals surface area contributed by atoms with Crippen molar-refractivity contribution >= 4 is 22.4 Å². The van der Waals surface area contributed by atoms with Gasteiger partial charge in [0.25, 0.3) is 0 Å². The van der Waals surface area contributed by atoms with Crippen molar-refractivity contribution in [1.29, 1.82) is 0 Å². The van der Waals surface area contributed by atoms with Crippen molar-refractivity contribution in [3.63, 3.8) is 0 Å². The molecule has 0 aromatic heterocycles. The molecule has 0 unspecified atom stereocenters. The molecule has 0 heterocycles. The smallest absolute Gasteiger partial charge is 0.128 e. The molecule has 4 heteroatoms. The van der Waals surface area contributed by atoms with Crippen LogP contribution in [0.25, 0.3) is 21.9 Å².